The van der Waals surface area contributed by atoms with Crippen molar-refractivity contribution in [3.8, 4) is 0 Å². The number of allylic oxidation sites excluding steroid dienone is 4. The van der Waals surface area contributed by atoms with Crippen LogP contribution in [0.4, 0.5) is 0 Å². The van der Waals surface area contributed by atoms with Crippen molar-refractivity contribution in [2.24, 2.45) is 0 Å². The number of aliphatic hydroxyl groups is 1. The molecule has 0 spiro atoms. The third-order valence-electron chi connectivity index (χ3n) is 2.33. The molecule has 82 valence electrons. The maximum Gasteiger partial charge on any atom is 0.231 e. The molecule has 0 unspecified atom stereocenters. The Hall–Kier alpha value is -1.39. The van der Waals surface area contributed by atoms with E-state index in [2.05, 4.69) is 0 Å². The number of carbonyl (C=O) groups is 1. The van der Waals surface area contributed by atoms with Gasteiger partial charge in [-0.2, -0.15) is 0 Å². The van der Waals surface area contributed by atoms with Crippen molar-refractivity contribution in [3.05, 3.63) is 35.6 Å². The van der Waals surface area contributed by atoms with E-state index in [1.54, 1.807) is 12.2 Å². The van der Waals surface area contributed by atoms with Gasteiger partial charge in [0.15, 0.2) is 5.76 Å². The molecule has 1 aliphatic rings. The van der Waals surface area contributed by atoms with Crippen LogP contribution in [-0.2, 0) is 14.3 Å². The fourth-order valence-corrected chi connectivity index (χ4v) is 1.45. The van der Waals surface area contributed by atoms with Gasteiger partial charge in [0.2, 0.25) is 5.79 Å². The topological polar surface area (TPSA) is 55.8 Å². The molecule has 0 heterocycles. The van der Waals surface area contributed by atoms with E-state index in [1.165, 1.54) is 26.4 Å². The minimum atomic E-state index is -1.13. The van der Waals surface area contributed by atoms with Crippen LogP contribution in [0.5, 0.6) is 0 Å². The summed E-state index contributed by atoms with van der Waals surface area (Å²) in [5.74, 6) is -1.10. The Balaban J connectivity index is 2.92. The Morgan fingerprint density at radius 3 is 2.60 bits per heavy atom. The van der Waals surface area contributed by atoms with Crippen molar-refractivity contribution in [2.75, 3.05) is 14.2 Å². The van der Waals surface area contributed by atoms with Gasteiger partial charge in [-0.3, -0.25) is 4.79 Å². The molecule has 0 radical (unpaired) electrons. The predicted molar refractivity (Wildman–Crippen MR) is 55.4 cm³/mol. The van der Waals surface area contributed by atoms with Gasteiger partial charge in [0.05, 0.1) is 0 Å². The zero-order chi connectivity index (χ0) is 11.3. The van der Waals surface area contributed by atoms with Crippen LogP contribution in [0.25, 0.3) is 0 Å². The fourth-order valence-electron chi connectivity index (χ4n) is 1.45. The van der Waals surface area contributed by atoms with Crippen LogP contribution in [0.2, 0.25) is 0 Å². The highest BCUT2D eigenvalue weighted by Crippen LogP contribution is 2.32. The summed E-state index contributed by atoms with van der Waals surface area (Å²) in [4.78, 5) is 10.2. The van der Waals surface area contributed by atoms with E-state index >= 15 is 0 Å². The van der Waals surface area contributed by atoms with Gasteiger partial charge in [-0.1, -0.05) is 12.2 Å². The molecule has 0 aliphatic heterocycles. The molecule has 0 saturated heterocycles. The average molecular weight is 210 g/mol. The third-order valence-corrected chi connectivity index (χ3v) is 2.33. The van der Waals surface area contributed by atoms with E-state index in [0.29, 0.717) is 12.7 Å². The van der Waals surface area contributed by atoms with Gasteiger partial charge in [-0.05, 0) is 17.7 Å². The summed E-state index contributed by atoms with van der Waals surface area (Å²) < 4.78 is 10.3. The third kappa shape index (κ3) is 2.34. The van der Waals surface area contributed by atoms with Gasteiger partial charge in [0, 0.05) is 20.6 Å². The van der Waals surface area contributed by atoms with Crippen LogP contribution in [-0.4, -0.2) is 31.4 Å². The van der Waals surface area contributed by atoms with E-state index in [1.807, 2.05) is 0 Å². The SMILES string of the molecule is COC1(OC)CC(C=CC=O)=CC=C1O. The van der Waals surface area contributed by atoms with Crippen LogP contribution in [0, 0.1) is 0 Å². The Labute approximate surface area is 88.5 Å². The van der Waals surface area contributed by atoms with E-state index in [9.17, 15) is 9.90 Å². The van der Waals surface area contributed by atoms with Crippen LogP contribution in [0.1, 0.15) is 6.42 Å². The molecular formula is C11H14O4. The van der Waals surface area contributed by atoms with E-state index in [4.69, 9.17) is 9.47 Å². The molecule has 0 fully saturated rings. The largest absolute Gasteiger partial charge is 0.507 e. The summed E-state index contributed by atoms with van der Waals surface area (Å²) in [7, 11) is 2.92. The standard InChI is InChI=1S/C11H14O4/c1-14-11(15-2)8-9(4-3-7-12)5-6-10(11)13/h3-7,13H,8H2,1-2H3. The minimum absolute atomic E-state index is 0.0238. The second kappa shape index (κ2) is 4.91. The molecule has 1 rings (SSSR count). The van der Waals surface area contributed by atoms with Crippen molar-refractivity contribution >= 4 is 6.29 Å². The molecule has 0 amide bonds. The first-order valence-corrected chi connectivity index (χ1v) is 4.51. The van der Waals surface area contributed by atoms with Gasteiger partial charge in [-0.25, -0.2) is 0 Å². The molecule has 0 aromatic carbocycles. The van der Waals surface area contributed by atoms with Crippen LogP contribution >= 0.6 is 0 Å². The maximum atomic E-state index is 10.2. The number of ether oxygens (including phenoxy) is 2. The van der Waals surface area contributed by atoms with Gasteiger partial charge < -0.3 is 14.6 Å². The van der Waals surface area contributed by atoms with Crippen molar-refractivity contribution in [3.63, 3.8) is 0 Å². The second-order valence-corrected chi connectivity index (χ2v) is 3.13. The van der Waals surface area contributed by atoms with E-state index < -0.39 is 5.79 Å². The van der Waals surface area contributed by atoms with E-state index in [0.717, 1.165) is 5.57 Å². The van der Waals surface area contributed by atoms with Crippen molar-refractivity contribution in [1.82, 2.24) is 0 Å². The molecular weight excluding hydrogens is 196 g/mol. The summed E-state index contributed by atoms with van der Waals surface area (Å²) in [6.45, 7) is 0. The monoisotopic (exact) mass is 210 g/mol. The molecule has 1 aliphatic carbocycles. The second-order valence-electron chi connectivity index (χ2n) is 3.13. The number of hydrogen-bond donors (Lipinski definition) is 1. The summed E-state index contributed by atoms with van der Waals surface area (Å²) in [5, 5.41) is 9.64. The molecule has 1 N–H and O–H groups in total. The Bertz CT molecular complexity index is 321. The van der Waals surface area contributed by atoms with Crippen molar-refractivity contribution in [1.29, 1.82) is 0 Å². The molecule has 15 heavy (non-hydrogen) atoms. The minimum Gasteiger partial charge on any atom is -0.507 e. The first kappa shape index (κ1) is 11.7. The zero-order valence-corrected chi connectivity index (χ0v) is 8.77. The molecule has 0 aromatic heterocycles. The van der Waals surface area contributed by atoms with E-state index in [-0.39, 0.29) is 5.76 Å². The molecule has 4 heteroatoms. The van der Waals surface area contributed by atoms with Crippen LogP contribution in [0.3, 0.4) is 0 Å². The summed E-state index contributed by atoms with van der Waals surface area (Å²) >= 11 is 0. The molecule has 0 atom stereocenters. The number of hydrogen-bond acceptors (Lipinski definition) is 4. The Morgan fingerprint density at radius 2 is 2.07 bits per heavy atom. The van der Waals surface area contributed by atoms with Gasteiger partial charge in [0.1, 0.15) is 6.29 Å². The van der Waals surface area contributed by atoms with Gasteiger partial charge in [0.25, 0.3) is 0 Å². The number of aliphatic hydroxyl groups excluding tert-OH is 1. The van der Waals surface area contributed by atoms with Gasteiger partial charge in [-0.15, -0.1) is 0 Å². The normalized spacial score (nSPS) is 19.9. The summed E-state index contributed by atoms with van der Waals surface area (Å²) in [6, 6.07) is 0. The lowest BCUT2D eigenvalue weighted by atomic mass is 9.97. The Kier molecular flexibility index (Phi) is 3.82. The van der Waals surface area contributed by atoms with Gasteiger partial charge >= 0.3 is 0 Å². The number of rotatable bonds is 4. The Morgan fingerprint density at radius 1 is 1.40 bits per heavy atom. The predicted octanol–water partition coefficient (Wildman–Crippen LogP) is 1.50. The molecule has 0 bridgehead atoms. The zero-order valence-electron chi connectivity index (χ0n) is 8.77. The molecule has 0 saturated carbocycles. The molecule has 4 nitrogen and oxygen atoms in total. The lowest BCUT2D eigenvalue weighted by Crippen LogP contribution is -2.37. The summed E-state index contributed by atoms with van der Waals surface area (Å²) in [6.07, 6.45) is 7.32. The van der Waals surface area contributed by atoms with Crippen LogP contribution in [0.15, 0.2) is 35.6 Å². The van der Waals surface area contributed by atoms with Crippen molar-refractivity contribution in [2.45, 2.75) is 12.2 Å². The quantitative estimate of drug-likeness (QED) is 0.434. The highest BCUT2D eigenvalue weighted by molar-refractivity contribution is 5.66. The highest BCUT2D eigenvalue weighted by Gasteiger charge is 2.37. The fraction of sp³-hybridized carbons (Fsp3) is 0.364. The van der Waals surface area contributed by atoms with Crippen molar-refractivity contribution < 1.29 is 19.4 Å². The average Bonchev–Trinajstić information content (AvgIpc) is 2.28. The number of methoxy groups -OCH3 is 2. The summed E-state index contributed by atoms with van der Waals surface area (Å²) in [5.41, 5.74) is 0.851. The van der Waals surface area contributed by atoms with Crippen LogP contribution < -0.4 is 0 Å². The maximum absolute atomic E-state index is 10.2. The number of carbonyl (C=O) groups excluding carboxylic acids is 1. The number of aldehydes is 1. The smallest absolute Gasteiger partial charge is 0.231 e. The lowest BCUT2D eigenvalue weighted by molar-refractivity contribution is -0.196. The lowest BCUT2D eigenvalue weighted by Gasteiger charge is -2.32. The molecule has 0 aromatic rings. The first-order chi connectivity index (χ1) is 7.18. The highest BCUT2D eigenvalue weighted by atomic mass is 16.7. The first-order valence-electron chi connectivity index (χ1n) is 4.51.